The maximum absolute atomic E-state index is 11.4. The minimum absolute atomic E-state index is 0.0343. The fourth-order valence-electron chi connectivity index (χ4n) is 1.55. The Balaban J connectivity index is 3.33. The Morgan fingerprint density at radius 2 is 0.808 bits per heavy atom. The summed E-state index contributed by atoms with van der Waals surface area (Å²) in [6, 6.07) is 0. The van der Waals surface area contributed by atoms with Gasteiger partial charge in [-0.1, -0.05) is 0 Å². The first-order valence-corrected chi connectivity index (χ1v) is 8.54. The average Bonchev–Trinajstić information content (AvgIpc) is 2.64. The largest absolute Gasteiger partial charge is 0.463 e. The van der Waals surface area contributed by atoms with Crippen LogP contribution < -0.4 is 0 Å². The standard InChI is InChI=1S/C16H30O10/c17-3-5-21-7-9-23-11-13-25-15(19)1-2-16(20)26-14-12-24-10-8-22-6-4-18/h17-18H,1-14H2. The van der Waals surface area contributed by atoms with E-state index in [-0.39, 0.29) is 65.7 Å². The highest BCUT2D eigenvalue weighted by atomic mass is 16.6. The van der Waals surface area contributed by atoms with Gasteiger partial charge in [0.25, 0.3) is 0 Å². The molecule has 0 aliphatic rings. The predicted octanol–water partition coefficient (Wildman–Crippen LogP) is -1.10. The number of rotatable bonds is 19. The van der Waals surface area contributed by atoms with Crippen LogP contribution in [-0.2, 0) is 38.0 Å². The Labute approximate surface area is 153 Å². The Bertz CT molecular complexity index is 305. The molecular weight excluding hydrogens is 352 g/mol. The topological polar surface area (TPSA) is 130 Å². The van der Waals surface area contributed by atoms with E-state index in [0.29, 0.717) is 26.4 Å². The summed E-state index contributed by atoms with van der Waals surface area (Å²) in [4.78, 5) is 22.9. The Morgan fingerprint density at radius 1 is 0.500 bits per heavy atom. The molecule has 154 valence electrons. The van der Waals surface area contributed by atoms with Crippen molar-refractivity contribution in [2.45, 2.75) is 12.8 Å². The van der Waals surface area contributed by atoms with Gasteiger partial charge >= 0.3 is 11.9 Å². The highest BCUT2D eigenvalue weighted by Gasteiger charge is 2.09. The zero-order chi connectivity index (χ0) is 19.3. The van der Waals surface area contributed by atoms with Crippen molar-refractivity contribution in [1.29, 1.82) is 0 Å². The molecule has 26 heavy (non-hydrogen) atoms. The lowest BCUT2D eigenvalue weighted by atomic mass is 10.3. The van der Waals surface area contributed by atoms with E-state index >= 15 is 0 Å². The highest BCUT2D eigenvalue weighted by Crippen LogP contribution is 1.96. The van der Waals surface area contributed by atoms with E-state index in [9.17, 15) is 9.59 Å². The maximum Gasteiger partial charge on any atom is 0.306 e. The number of aliphatic hydroxyl groups is 2. The van der Waals surface area contributed by atoms with Crippen molar-refractivity contribution in [3.05, 3.63) is 0 Å². The lowest BCUT2D eigenvalue weighted by Gasteiger charge is -2.07. The summed E-state index contributed by atoms with van der Waals surface area (Å²) in [6.45, 7) is 2.54. The molecule has 0 fully saturated rings. The van der Waals surface area contributed by atoms with Gasteiger partial charge in [-0.05, 0) is 0 Å². The lowest BCUT2D eigenvalue weighted by molar-refractivity contribution is -0.152. The van der Waals surface area contributed by atoms with Crippen LogP contribution in [0.4, 0.5) is 0 Å². The summed E-state index contributed by atoms with van der Waals surface area (Å²) in [5.74, 6) is -1.00. The normalized spacial score (nSPS) is 10.7. The molecule has 0 unspecified atom stereocenters. The van der Waals surface area contributed by atoms with E-state index < -0.39 is 11.9 Å². The van der Waals surface area contributed by atoms with Crippen LogP contribution in [0.3, 0.4) is 0 Å². The van der Waals surface area contributed by atoms with Crippen molar-refractivity contribution in [3.8, 4) is 0 Å². The van der Waals surface area contributed by atoms with Crippen LogP contribution in [0.5, 0.6) is 0 Å². The van der Waals surface area contributed by atoms with Gasteiger partial charge in [0, 0.05) is 0 Å². The van der Waals surface area contributed by atoms with E-state index in [1.165, 1.54) is 0 Å². The van der Waals surface area contributed by atoms with Gasteiger partial charge in [-0.3, -0.25) is 9.59 Å². The van der Waals surface area contributed by atoms with Crippen molar-refractivity contribution < 1.29 is 48.2 Å². The third-order valence-corrected chi connectivity index (χ3v) is 2.73. The van der Waals surface area contributed by atoms with Crippen LogP contribution in [0.1, 0.15) is 12.8 Å². The summed E-state index contributed by atoms with van der Waals surface area (Å²) in [5, 5.41) is 17.0. The van der Waals surface area contributed by atoms with E-state index in [1.54, 1.807) is 0 Å². The van der Waals surface area contributed by atoms with Crippen molar-refractivity contribution in [3.63, 3.8) is 0 Å². The van der Waals surface area contributed by atoms with Crippen molar-refractivity contribution in [1.82, 2.24) is 0 Å². The number of aliphatic hydroxyl groups excluding tert-OH is 2. The molecule has 0 saturated carbocycles. The molecule has 0 aromatic rings. The van der Waals surface area contributed by atoms with Gasteiger partial charge in [-0.25, -0.2) is 0 Å². The van der Waals surface area contributed by atoms with Gasteiger partial charge in [-0.2, -0.15) is 0 Å². The first-order chi connectivity index (χ1) is 12.7. The van der Waals surface area contributed by atoms with Gasteiger partial charge in [0.1, 0.15) is 13.2 Å². The molecule has 0 amide bonds. The summed E-state index contributed by atoms with van der Waals surface area (Å²) < 4.78 is 30.1. The fourth-order valence-corrected chi connectivity index (χ4v) is 1.55. The van der Waals surface area contributed by atoms with Crippen LogP contribution in [0.25, 0.3) is 0 Å². The van der Waals surface area contributed by atoms with Gasteiger partial charge in [-0.15, -0.1) is 0 Å². The molecule has 10 heteroatoms. The summed E-state index contributed by atoms with van der Waals surface area (Å²) in [7, 11) is 0. The molecule has 0 spiro atoms. The molecule has 0 heterocycles. The monoisotopic (exact) mass is 382 g/mol. The quantitative estimate of drug-likeness (QED) is 0.210. The minimum Gasteiger partial charge on any atom is -0.463 e. The Kier molecular flexibility index (Phi) is 19.0. The molecule has 0 aromatic heterocycles. The number of hydrogen-bond acceptors (Lipinski definition) is 10. The van der Waals surface area contributed by atoms with Crippen molar-refractivity contribution >= 4 is 11.9 Å². The lowest BCUT2D eigenvalue weighted by Crippen LogP contribution is -2.16. The zero-order valence-corrected chi connectivity index (χ0v) is 15.1. The zero-order valence-electron chi connectivity index (χ0n) is 15.1. The second-order valence-electron chi connectivity index (χ2n) is 4.84. The maximum atomic E-state index is 11.4. The molecule has 0 radical (unpaired) electrons. The molecule has 0 aliphatic carbocycles. The molecule has 0 aromatic carbocycles. The van der Waals surface area contributed by atoms with E-state index in [2.05, 4.69) is 0 Å². The van der Waals surface area contributed by atoms with Gasteiger partial charge in [0.15, 0.2) is 0 Å². The van der Waals surface area contributed by atoms with Crippen LogP contribution in [0, 0.1) is 0 Å². The van der Waals surface area contributed by atoms with Gasteiger partial charge in [0.2, 0.25) is 0 Å². The van der Waals surface area contributed by atoms with Crippen molar-refractivity contribution in [2.75, 3.05) is 79.3 Å². The van der Waals surface area contributed by atoms with E-state index in [4.69, 9.17) is 38.6 Å². The van der Waals surface area contributed by atoms with E-state index in [1.807, 2.05) is 0 Å². The van der Waals surface area contributed by atoms with Crippen LogP contribution >= 0.6 is 0 Å². The van der Waals surface area contributed by atoms with Crippen LogP contribution in [0.15, 0.2) is 0 Å². The highest BCUT2D eigenvalue weighted by molar-refractivity contribution is 5.77. The number of hydrogen-bond donors (Lipinski definition) is 2. The molecule has 0 aliphatic heterocycles. The average molecular weight is 382 g/mol. The molecule has 0 atom stereocenters. The first-order valence-electron chi connectivity index (χ1n) is 8.54. The minimum atomic E-state index is -0.501. The number of esters is 2. The third kappa shape index (κ3) is 19.0. The second-order valence-corrected chi connectivity index (χ2v) is 4.84. The summed E-state index contributed by atoms with van der Waals surface area (Å²) in [5.41, 5.74) is 0. The molecule has 0 saturated heterocycles. The van der Waals surface area contributed by atoms with E-state index in [0.717, 1.165) is 0 Å². The van der Waals surface area contributed by atoms with Gasteiger partial charge < -0.3 is 38.6 Å². The third-order valence-electron chi connectivity index (χ3n) is 2.73. The molecule has 0 bridgehead atoms. The van der Waals surface area contributed by atoms with Crippen LogP contribution in [-0.4, -0.2) is 101 Å². The summed E-state index contributed by atoms with van der Waals surface area (Å²) in [6.07, 6.45) is -0.122. The molecule has 0 rings (SSSR count). The Hall–Kier alpha value is -1.30. The van der Waals surface area contributed by atoms with Crippen LogP contribution in [0.2, 0.25) is 0 Å². The second kappa shape index (κ2) is 20.0. The predicted molar refractivity (Wildman–Crippen MR) is 88.6 cm³/mol. The number of carbonyl (C=O) groups excluding carboxylic acids is 2. The summed E-state index contributed by atoms with van der Waals surface area (Å²) >= 11 is 0. The van der Waals surface area contributed by atoms with Gasteiger partial charge in [0.05, 0.1) is 78.9 Å². The van der Waals surface area contributed by atoms with Crippen molar-refractivity contribution in [2.24, 2.45) is 0 Å². The Morgan fingerprint density at radius 3 is 1.15 bits per heavy atom. The first kappa shape index (κ1) is 24.7. The SMILES string of the molecule is O=C(CCC(=O)OCCOCCOCCO)OCCOCCOCCO. The molecular formula is C16H30O10. The number of ether oxygens (including phenoxy) is 6. The molecule has 2 N–H and O–H groups in total. The smallest absolute Gasteiger partial charge is 0.306 e. The molecule has 10 nitrogen and oxygen atoms in total. The fraction of sp³-hybridized carbons (Fsp3) is 0.875. The number of carbonyl (C=O) groups is 2.